The molecule has 0 heterocycles. The second-order valence-corrected chi connectivity index (χ2v) is 3.64. The summed E-state index contributed by atoms with van der Waals surface area (Å²) < 4.78 is 0. The van der Waals surface area contributed by atoms with Crippen LogP contribution in [0.25, 0.3) is 0 Å². The highest BCUT2D eigenvalue weighted by molar-refractivity contribution is 5.80. The highest BCUT2D eigenvalue weighted by atomic mass is 14.7. The first-order chi connectivity index (χ1) is 7.45. The highest BCUT2D eigenvalue weighted by Gasteiger charge is 1.94. The molecule has 1 aliphatic rings. The van der Waals surface area contributed by atoms with Gasteiger partial charge in [-0.2, -0.15) is 0 Å². The van der Waals surface area contributed by atoms with E-state index in [2.05, 4.69) is 47.5 Å². The van der Waals surface area contributed by atoms with E-state index < -0.39 is 0 Å². The van der Waals surface area contributed by atoms with Gasteiger partial charge in [0.15, 0.2) is 0 Å². The molecule has 2 rings (SSSR count). The van der Waals surface area contributed by atoms with Crippen molar-refractivity contribution in [1.29, 1.82) is 0 Å². The van der Waals surface area contributed by atoms with Crippen LogP contribution in [0.1, 0.15) is 12.0 Å². The summed E-state index contributed by atoms with van der Waals surface area (Å²) in [7, 11) is 0. The molecular formula is C14H15N. The fraction of sp³-hybridized carbons (Fsp3) is 0.214. The predicted molar refractivity (Wildman–Crippen MR) is 65.3 cm³/mol. The van der Waals surface area contributed by atoms with Crippen LogP contribution in [0.5, 0.6) is 0 Å². The molecule has 0 N–H and O–H groups in total. The molecule has 76 valence electrons. The van der Waals surface area contributed by atoms with Crippen LogP contribution in [-0.2, 0) is 6.42 Å². The van der Waals surface area contributed by atoms with Crippen molar-refractivity contribution in [3.8, 4) is 0 Å². The van der Waals surface area contributed by atoms with Crippen LogP contribution in [-0.4, -0.2) is 12.8 Å². The van der Waals surface area contributed by atoms with Gasteiger partial charge in [-0.3, -0.25) is 4.99 Å². The molecule has 15 heavy (non-hydrogen) atoms. The van der Waals surface area contributed by atoms with E-state index in [-0.39, 0.29) is 0 Å². The average Bonchev–Trinajstić information content (AvgIpc) is 2.79. The lowest BCUT2D eigenvalue weighted by Crippen LogP contribution is -1.90. The standard InChI is InChI=1S/C14H15N/c1-2-6-13(7-3-1)10-11-15-12-14-8-4-5-9-14/h1-8,12H,9-11H2/b15-12+. The SMILES string of the molecule is C1=CCC(/C=N/CCc2ccccc2)=C1. The van der Waals surface area contributed by atoms with Gasteiger partial charge in [-0.25, -0.2) is 0 Å². The predicted octanol–water partition coefficient (Wildman–Crippen LogP) is 3.19. The molecule has 0 spiro atoms. The molecule has 0 bridgehead atoms. The first kappa shape index (κ1) is 9.91. The zero-order valence-electron chi connectivity index (χ0n) is 8.76. The van der Waals surface area contributed by atoms with Gasteiger partial charge >= 0.3 is 0 Å². The summed E-state index contributed by atoms with van der Waals surface area (Å²) >= 11 is 0. The van der Waals surface area contributed by atoms with E-state index in [1.165, 1.54) is 11.1 Å². The molecular weight excluding hydrogens is 182 g/mol. The quantitative estimate of drug-likeness (QED) is 0.657. The van der Waals surface area contributed by atoms with Gasteiger partial charge in [0.25, 0.3) is 0 Å². The molecule has 1 aromatic carbocycles. The molecule has 0 aromatic heterocycles. The Hall–Kier alpha value is -1.63. The number of hydrogen-bond donors (Lipinski definition) is 0. The summed E-state index contributed by atoms with van der Waals surface area (Å²) in [6.45, 7) is 0.876. The number of nitrogens with zero attached hydrogens (tertiary/aromatic N) is 1. The third kappa shape index (κ3) is 3.21. The fourth-order valence-corrected chi connectivity index (χ4v) is 1.58. The summed E-state index contributed by atoms with van der Waals surface area (Å²) in [5.41, 5.74) is 2.66. The van der Waals surface area contributed by atoms with Gasteiger partial charge in [-0.1, -0.05) is 48.6 Å². The second-order valence-electron chi connectivity index (χ2n) is 3.64. The Bertz CT molecular complexity index is 385. The van der Waals surface area contributed by atoms with Gasteiger partial charge < -0.3 is 0 Å². The monoisotopic (exact) mass is 197 g/mol. The third-order valence-electron chi connectivity index (χ3n) is 2.43. The van der Waals surface area contributed by atoms with Crippen molar-refractivity contribution in [2.45, 2.75) is 12.8 Å². The molecule has 0 saturated heterocycles. The number of hydrogen-bond acceptors (Lipinski definition) is 1. The smallest absolute Gasteiger partial charge is 0.0429 e. The van der Waals surface area contributed by atoms with E-state index >= 15 is 0 Å². The number of benzene rings is 1. The van der Waals surface area contributed by atoms with Crippen LogP contribution in [0.2, 0.25) is 0 Å². The summed E-state index contributed by atoms with van der Waals surface area (Å²) in [6.07, 6.45) is 10.4. The Kier molecular flexibility index (Phi) is 3.50. The van der Waals surface area contributed by atoms with Crippen LogP contribution in [0.15, 0.2) is 59.1 Å². The average molecular weight is 197 g/mol. The summed E-state index contributed by atoms with van der Waals surface area (Å²) in [5, 5.41) is 0. The Labute approximate surface area is 90.9 Å². The van der Waals surface area contributed by atoms with E-state index in [9.17, 15) is 0 Å². The second kappa shape index (κ2) is 5.30. The normalized spacial score (nSPS) is 14.8. The van der Waals surface area contributed by atoms with Crippen molar-refractivity contribution < 1.29 is 0 Å². The van der Waals surface area contributed by atoms with E-state index in [1.807, 2.05) is 12.3 Å². The van der Waals surface area contributed by atoms with Crippen molar-refractivity contribution >= 4 is 6.21 Å². The van der Waals surface area contributed by atoms with Gasteiger partial charge in [0.2, 0.25) is 0 Å². The fourth-order valence-electron chi connectivity index (χ4n) is 1.58. The minimum atomic E-state index is 0.876. The van der Waals surface area contributed by atoms with Gasteiger partial charge in [0.05, 0.1) is 0 Å². The van der Waals surface area contributed by atoms with Gasteiger partial charge in [0.1, 0.15) is 0 Å². The topological polar surface area (TPSA) is 12.4 Å². The minimum Gasteiger partial charge on any atom is -0.293 e. The lowest BCUT2D eigenvalue weighted by molar-refractivity contribution is 0.972. The Morgan fingerprint density at radius 2 is 2.07 bits per heavy atom. The summed E-state index contributed by atoms with van der Waals surface area (Å²) in [4.78, 5) is 4.42. The van der Waals surface area contributed by atoms with E-state index in [0.29, 0.717) is 0 Å². The molecule has 0 saturated carbocycles. The van der Waals surface area contributed by atoms with Crippen LogP contribution in [0.3, 0.4) is 0 Å². The van der Waals surface area contributed by atoms with Gasteiger partial charge in [-0.05, 0) is 24.0 Å². The lowest BCUT2D eigenvalue weighted by Gasteiger charge is -1.96. The molecule has 1 aliphatic carbocycles. The molecule has 1 aromatic rings. The van der Waals surface area contributed by atoms with Crippen molar-refractivity contribution in [3.63, 3.8) is 0 Å². The Balaban J connectivity index is 1.75. The maximum atomic E-state index is 4.42. The van der Waals surface area contributed by atoms with Crippen LogP contribution < -0.4 is 0 Å². The van der Waals surface area contributed by atoms with Crippen molar-refractivity contribution in [2.24, 2.45) is 4.99 Å². The molecule has 0 fully saturated rings. The zero-order chi connectivity index (χ0) is 10.3. The van der Waals surface area contributed by atoms with E-state index in [4.69, 9.17) is 0 Å². The van der Waals surface area contributed by atoms with Gasteiger partial charge in [0, 0.05) is 12.8 Å². The van der Waals surface area contributed by atoms with Crippen molar-refractivity contribution in [3.05, 3.63) is 59.7 Å². The maximum absolute atomic E-state index is 4.42. The third-order valence-corrected chi connectivity index (χ3v) is 2.43. The molecule has 1 heteroatoms. The van der Waals surface area contributed by atoms with Crippen LogP contribution in [0, 0.1) is 0 Å². The highest BCUT2D eigenvalue weighted by Crippen LogP contribution is 2.07. The molecule has 0 aliphatic heterocycles. The largest absolute Gasteiger partial charge is 0.293 e. The molecule has 0 radical (unpaired) electrons. The van der Waals surface area contributed by atoms with E-state index in [0.717, 1.165) is 19.4 Å². The van der Waals surface area contributed by atoms with Gasteiger partial charge in [-0.15, -0.1) is 0 Å². The summed E-state index contributed by atoms with van der Waals surface area (Å²) in [6, 6.07) is 10.5. The van der Waals surface area contributed by atoms with E-state index in [1.54, 1.807) is 0 Å². The first-order valence-corrected chi connectivity index (χ1v) is 5.34. The van der Waals surface area contributed by atoms with Crippen molar-refractivity contribution in [1.82, 2.24) is 0 Å². The number of aliphatic imine (C=N–C) groups is 1. The molecule has 0 unspecified atom stereocenters. The molecule has 1 nitrogen and oxygen atoms in total. The maximum Gasteiger partial charge on any atom is 0.0429 e. The summed E-state index contributed by atoms with van der Waals surface area (Å²) in [5.74, 6) is 0. The minimum absolute atomic E-state index is 0.876. The molecule has 0 amide bonds. The first-order valence-electron chi connectivity index (χ1n) is 5.34. The Morgan fingerprint density at radius 3 is 2.80 bits per heavy atom. The molecule has 0 atom stereocenters. The van der Waals surface area contributed by atoms with Crippen molar-refractivity contribution in [2.75, 3.05) is 6.54 Å². The number of allylic oxidation sites excluding steroid dienone is 4. The van der Waals surface area contributed by atoms with Crippen LogP contribution in [0.4, 0.5) is 0 Å². The lowest BCUT2D eigenvalue weighted by atomic mass is 10.1. The van der Waals surface area contributed by atoms with Crippen LogP contribution >= 0.6 is 0 Å². The zero-order valence-corrected chi connectivity index (χ0v) is 8.76. The number of rotatable bonds is 4. The Morgan fingerprint density at radius 1 is 1.20 bits per heavy atom.